The Morgan fingerprint density at radius 1 is 1.16 bits per heavy atom. The highest BCUT2D eigenvalue weighted by atomic mass is 35.5. The maximum atomic E-state index is 13.9. The summed E-state index contributed by atoms with van der Waals surface area (Å²) in [5, 5.41) is 11.8. The van der Waals surface area contributed by atoms with Crippen LogP contribution in [-0.4, -0.2) is 58.6 Å². The van der Waals surface area contributed by atoms with Crippen molar-refractivity contribution in [2.24, 2.45) is 28.6 Å². The van der Waals surface area contributed by atoms with Crippen LogP contribution in [-0.2, 0) is 28.6 Å². The summed E-state index contributed by atoms with van der Waals surface area (Å²) in [5.41, 5.74) is -2.52. The first kappa shape index (κ1) is 27.8. The van der Waals surface area contributed by atoms with E-state index in [1.807, 2.05) is 26.8 Å². The minimum absolute atomic E-state index is 0.0665. The van der Waals surface area contributed by atoms with Crippen LogP contribution in [0.25, 0.3) is 0 Å². The number of carbonyl (C=O) groups is 4. The normalized spacial score (nSPS) is 42.1. The molecular formula is C28H37ClO8. The van der Waals surface area contributed by atoms with E-state index in [4.69, 9.17) is 25.8 Å². The molecule has 9 heteroatoms. The third-order valence-electron chi connectivity index (χ3n) is 9.75. The third-order valence-corrected chi connectivity index (χ3v) is 10.7. The molecule has 0 aromatic carbocycles. The largest absolute Gasteiger partial charge is 0.509 e. The van der Waals surface area contributed by atoms with Crippen LogP contribution in [0.4, 0.5) is 4.79 Å². The van der Waals surface area contributed by atoms with Gasteiger partial charge in [-0.1, -0.05) is 39.3 Å². The van der Waals surface area contributed by atoms with Crippen molar-refractivity contribution in [1.82, 2.24) is 0 Å². The first-order valence-corrected chi connectivity index (χ1v) is 13.6. The van der Waals surface area contributed by atoms with E-state index in [1.54, 1.807) is 19.9 Å². The Morgan fingerprint density at radius 2 is 1.86 bits per heavy atom. The maximum absolute atomic E-state index is 13.9. The summed E-state index contributed by atoms with van der Waals surface area (Å²) in [7, 11) is 0. The molecule has 3 saturated carbocycles. The highest BCUT2D eigenvalue weighted by Crippen LogP contribution is 2.72. The summed E-state index contributed by atoms with van der Waals surface area (Å²) in [6.45, 7) is 8.47. The van der Waals surface area contributed by atoms with Gasteiger partial charge in [-0.05, 0) is 56.6 Å². The lowest BCUT2D eigenvalue weighted by Crippen LogP contribution is -2.69. The molecule has 0 aromatic rings. The third kappa shape index (κ3) is 3.81. The average molecular weight is 537 g/mol. The second kappa shape index (κ2) is 9.53. The number of fused-ring (bicyclic) bond motifs is 5. The van der Waals surface area contributed by atoms with E-state index in [-0.39, 0.29) is 37.1 Å². The zero-order valence-electron chi connectivity index (χ0n) is 22.2. The molecule has 0 bridgehead atoms. The second-order valence-corrected chi connectivity index (χ2v) is 12.0. The molecule has 0 heterocycles. The number of halogens is 1. The van der Waals surface area contributed by atoms with Gasteiger partial charge in [0.05, 0.1) is 17.6 Å². The summed E-state index contributed by atoms with van der Waals surface area (Å²) < 4.78 is 16.2. The fourth-order valence-electron chi connectivity index (χ4n) is 8.03. The van der Waals surface area contributed by atoms with Gasteiger partial charge in [-0.3, -0.25) is 14.4 Å². The summed E-state index contributed by atoms with van der Waals surface area (Å²) in [6, 6.07) is 0. The fraction of sp³-hybridized carbons (Fsp3) is 0.714. The predicted octanol–water partition coefficient (Wildman–Crippen LogP) is 4.31. The highest BCUT2D eigenvalue weighted by Gasteiger charge is 2.76. The standard InChI is InChI=1S/C28H37ClO8/c1-6-23(33)36-15-22(32)28(37-24(34)35-7-2)16(3)12-20-19-9-8-17-13-18(30)10-11-25(17,4)27(19,29)21(31)14-26(20,28)5/h10-11,13,16,19-21,31H,6-9,12,14-15H2,1-5H3/t16-,19+,20+,21?,25+,26+,27+,28+/m1/s1. The molecule has 0 amide bonds. The number of Topliss-reactive ketones (excluding diaryl/α,β-unsaturated/α-hetero) is 1. The Bertz CT molecular complexity index is 1070. The van der Waals surface area contributed by atoms with Crippen LogP contribution in [0.5, 0.6) is 0 Å². The van der Waals surface area contributed by atoms with Gasteiger partial charge in [0.25, 0.3) is 0 Å². The lowest BCUT2D eigenvalue weighted by atomic mass is 9.45. The van der Waals surface area contributed by atoms with Crippen molar-refractivity contribution < 1.29 is 38.5 Å². The van der Waals surface area contributed by atoms with Crippen molar-refractivity contribution in [3.05, 3.63) is 23.8 Å². The Labute approximate surface area is 222 Å². The van der Waals surface area contributed by atoms with E-state index in [0.717, 1.165) is 5.57 Å². The molecule has 0 spiro atoms. The average Bonchev–Trinajstić information content (AvgIpc) is 3.05. The van der Waals surface area contributed by atoms with Crippen molar-refractivity contribution in [1.29, 1.82) is 0 Å². The molecule has 0 saturated heterocycles. The lowest BCUT2D eigenvalue weighted by Gasteiger charge is -2.64. The summed E-state index contributed by atoms with van der Waals surface area (Å²) in [6.07, 6.45) is 4.85. The van der Waals surface area contributed by atoms with Crippen LogP contribution in [0, 0.1) is 28.6 Å². The first-order chi connectivity index (χ1) is 17.3. The van der Waals surface area contributed by atoms with Gasteiger partial charge in [-0.25, -0.2) is 4.79 Å². The van der Waals surface area contributed by atoms with E-state index in [1.165, 1.54) is 6.08 Å². The van der Waals surface area contributed by atoms with Crippen LogP contribution in [0.15, 0.2) is 23.8 Å². The summed E-state index contributed by atoms with van der Waals surface area (Å²) in [4.78, 5) is 49.5. The fourth-order valence-corrected chi connectivity index (χ4v) is 8.56. The Morgan fingerprint density at radius 3 is 2.51 bits per heavy atom. The second-order valence-electron chi connectivity index (χ2n) is 11.4. The molecule has 204 valence electrons. The van der Waals surface area contributed by atoms with Crippen LogP contribution in [0.1, 0.15) is 66.7 Å². The van der Waals surface area contributed by atoms with Crippen LogP contribution < -0.4 is 0 Å². The minimum Gasteiger partial charge on any atom is -0.457 e. The molecule has 1 N–H and O–H groups in total. The topological polar surface area (TPSA) is 116 Å². The van der Waals surface area contributed by atoms with Gasteiger partial charge >= 0.3 is 12.1 Å². The van der Waals surface area contributed by atoms with Gasteiger partial charge in [0, 0.05) is 23.2 Å². The van der Waals surface area contributed by atoms with E-state index in [0.29, 0.717) is 19.3 Å². The van der Waals surface area contributed by atoms with E-state index in [9.17, 15) is 24.3 Å². The van der Waals surface area contributed by atoms with Gasteiger partial charge in [-0.2, -0.15) is 0 Å². The quantitative estimate of drug-likeness (QED) is 0.394. The van der Waals surface area contributed by atoms with Gasteiger partial charge in [-0.15, -0.1) is 11.6 Å². The van der Waals surface area contributed by atoms with Crippen LogP contribution in [0.3, 0.4) is 0 Å². The molecular weight excluding hydrogens is 500 g/mol. The van der Waals surface area contributed by atoms with Gasteiger partial charge in [0.2, 0.25) is 5.78 Å². The van der Waals surface area contributed by atoms with E-state index < -0.39 is 57.8 Å². The number of ketones is 2. The number of carbonyl (C=O) groups excluding carboxylic acids is 4. The van der Waals surface area contributed by atoms with Gasteiger partial charge < -0.3 is 19.3 Å². The number of hydrogen-bond acceptors (Lipinski definition) is 8. The molecule has 3 fully saturated rings. The number of hydrogen-bond donors (Lipinski definition) is 1. The molecule has 0 aromatic heterocycles. The number of allylic oxidation sites excluding steroid dienone is 4. The number of ether oxygens (including phenoxy) is 3. The predicted molar refractivity (Wildman–Crippen MR) is 135 cm³/mol. The maximum Gasteiger partial charge on any atom is 0.509 e. The van der Waals surface area contributed by atoms with Crippen molar-refractivity contribution in [2.75, 3.05) is 13.2 Å². The molecule has 8 nitrogen and oxygen atoms in total. The molecule has 4 aliphatic carbocycles. The Balaban J connectivity index is 1.80. The number of aliphatic hydroxyl groups excluding tert-OH is 1. The Hall–Kier alpha value is -2.19. The monoisotopic (exact) mass is 536 g/mol. The van der Waals surface area contributed by atoms with E-state index in [2.05, 4.69) is 0 Å². The molecule has 0 aliphatic heterocycles. The van der Waals surface area contributed by atoms with E-state index >= 15 is 0 Å². The molecule has 37 heavy (non-hydrogen) atoms. The number of esters is 1. The van der Waals surface area contributed by atoms with Crippen molar-refractivity contribution in [2.45, 2.75) is 83.3 Å². The Kier molecular flexibility index (Phi) is 7.17. The number of alkyl halides is 1. The smallest absolute Gasteiger partial charge is 0.457 e. The zero-order chi connectivity index (χ0) is 27.4. The van der Waals surface area contributed by atoms with Crippen LogP contribution >= 0.6 is 11.6 Å². The molecule has 4 rings (SSSR count). The van der Waals surface area contributed by atoms with Gasteiger partial charge in [0.15, 0.2) is 18.0 Å². The van der Waals surface area contributed by atoms with Gasteiger partial charge in [0.1, 0.15) is 0 Å². The minimum atomic E-state index is -1.67. The molecule has 1 unspecified atom stereocenters. The molecule has 4 aliphatic rings. The first-order valence-electron chi connectivity index (χ1n) is 13.2. The molecule has 0 radical (unpaired) electrons. The number of rotatable bonds is 6. The lowest BCUT2D eigenvalue weighted by molar-refractivity contribution is -0.187. The summed E-state index contributed by atoms with van der Waals surface area (Å²) >= 11 is 7.48. The van der Waals surface area contributed by atoms with Crippen molar-refractivity contribution in [3.63, 3.8) is 0 Å². The molecule has 8 atom stereocenters. The summed E-state index contributed by atoms with van der Waals surface area (Å²) in [5.74, 6) is -2.02. The van der Waals surface area contributed by atoms with Crippen LogP contribution in [0.2, 0.25) is 0 Å². The highest BCUT2D eigenvalue weighted by molar-refractivity contribution is 6.26. The van der Waals surface area contributed by atoms with Crippen molar-refractivity contribution in [3.8, 4) is 0 Å². The SMILES string of the molecule is CCOC(=O)O[C@]1(C(=O)COC(=O)CC)[C@H](C)C[C@H]2[C@@H]3CCC4=CC(=O)C=C[C@]4(C)[C@@]3(Cl)C(O)C[C@@]21C. The van der Waals surface area contributed by atoms with Crippen molar-refractivity contribution >= 4 is 35.3 Å². The zero-order valence-corrected chi connectivity index (χ0v) is 22.9. The number of aliphatic hydroxyl groups is 1.